The van der Waals surface area contributed by atoms with E-state index in [1.165, 1.54) is 7.11 Å². The van der Waals surface area contributed by atoms with Crippen LogP contribution in [0, 0.1) is 0 Å². The number of fused-ring (bicyclic) bond motifs is 1. The van der Waals surface area contributed by atoms with Crippen LogP contribution < -0.4 is 11.0 Å². The van der Waals surface area contributed by atoms with E-state index in [9.17, 15) is 9.59 Å². The standard InChI is InChI=1S/C17H13ClN4O3/c1-25-17(24)15(22-21-11-8-6-10(18)7-9-11)14-16(23)20-13-5-3-2-4-12(13)19-14/h2-9,21H,1H3,(H,20,23)/b22-15-. The molecule has 1 heterocycles. The molecule has 0 aliphatic rings. The number of methoxy groups -OCH3 is 1. The number of hydrogen-bond donors (Lipinski definition) is 2. The highest BCUT2D eigenvalue weighted by Crippen LogP contribution is 2.14. The third-order valence-electron chi connectivity index (χ3n) is 3.34. The number of carbonyl (C=O) groups is 1. The molecule has 0 amide bonds. The summed E-state index contributed by atoms with van der Waals surface area (Å²) in [6.45, 7) is 0. The minimum absolute atomic E-state index is 0.132. The predicted molar refractivity (Wildman–Crippen MR) is 96.0 cm³/mol. The Hall–Kier alpha value is -3.19. The van der Waals surface area contributed by atoms with E-state index in [-0.39, 0.29) is 11.4 Å². The summed E-state index contributed by atoms with van der Waals surface area (Å²) in [5, 5.41) is 4.56. The number of aromatic nitrogens is 2. The number of nitrogens with one attached hydrogen (secondary N) is 2. The molecule has 0 aliphatic heterocycles. The topological polar surface area (TPSA) is 96.4 Å². The molecular weight excluding hydrogens is 344 g/mol. The van der Waals surface area contributed by atoms with Gasteiger partial charge in [0.1, 0.15) is 0 Å². The first-order valence-electron chi connectivity index (χ1n) is 7.25. The van der Waals surface area contributed by atoms with Crippen molar-refractivity contribution in [3.05, 3.63) is 69.6 Å². The number of hydrogen-bond acceptors (Lipinski definition) is 6. The van der Waals surface area contributed by atoms with E-state index in [1.54, 1.807) is 48.5 Å². The maximum absolute atomic E-state index is 12.3. The fourth-order valence-electron chi connectivity index (χ4n) is 2.13. The zero-order valence-corrected chi connectivity index (χ0v) is 13.9. The van der Waals surface area contributed by atoms with Gasteiger partial charge in [-0.2, -0.15) is 5.10 Å². The highest BCUT2D eigenvalue weighted by molar-refractivity contribution is 6.42. The summed E-state index contributed by atoms with van der Waals surface area (Å²) in [6.07, 6.45) is 0. The molecule has 3 aromatic rings. The molecule has 0 fully saturated rings. The number of esters is 1. The zero-order chi connectivity index (χ0) is 17.8. The van der Waals surface area contributed by atoms with Crippen LogP contribution in [0.4, 0.5) is 5.69 Å². The van der Waals surface area contributed by atoms with E-state index >= 15 is 0 Å². The number of rotatable bonds is 4. The van der Waals surface area contributed by atoms with Crippen LogP contribution in [0.1, 0.15) is 5.69 Å². The SMILES string of the molecule is COC(=O)/C(=N\Nc1ccc(Cl)cc1)c1nc2ccccc2[nH]c1=O. The molecule has 0 saturated carbocycles. The summed E-state index contributed by atoms with van der Waals surface area (Å²) in [5.41, 5.74) is 3.47. The van der Waals surface area contributed by atoms with Gasteiger partial charge in [0.2, 0.25) is 0 Å². The molecule has 0 radical (unpaired) electrons. The van der Waals surface area contributed by atoms with Crippen LogP contribution in [0.3, 0.4) is 0 Å². The molecule has 7 nitrogen and oxygen atoms in total. The number of carbonyl (C=O) groups excluding carboxylic acids is 1. The van der Waals surface area contributed by atoms with Crippen molar-refractivity contribution in [1.29, 1.82) is 0 Å². The van der Waals surface area contributed by atoms with Gasteiger partial charge in [0, 0.05) is 5.02 Å². The van der Waals surface area contributed by atoms with Gasteiger partial charge in [0.25, 0.3) is 5.56 Å². The molecule has 0 aliphatic carbocycles. The Kier molecular flexibility index (Phi) is 4.76. The molecule has 3 rings (SSSR count). The van der Waals surface area contributed by atoms with E-state index < -0.39 is 11.5 Å². The van der Waals surface area contributed by atoms with Gasteiger partial charge < -0.3 is 9.72 Å². The summed E-state index contributed by atoms with van der Waals surface area (Å²) >= 11 is 5.83. The summed E-state index contributed by atoms with van der Waals surface area (Å²) in [7, 11) is 1.20. The van der Waals surface area contributed by atoms with Crippen molar-refractivity contribution in [3.8, 4) is 0 Å². The second kappa shape index (κ2) is 7.14. The molecule has 25 heavy (non-hydrogen) atoms. The number of nitrogens with zero attached hydrogens (tertiary/aromatic N) is 2. The largest absolute Gasteiger partial charge is 0.464 e. The van der Waals surface area contributed by atoms with Crippen molar-refractivity contribution in [1.82, 2.24) is 9.97 Å². The number of anilines is 1. The molecule has 126 valence electrons. The Morgan fingerprint density at radius 3 is 2.64 bits per heavy atom. The third-order valence-corrected chi connectivity index (χ3v) is 3.60. The highest BCUT2D eigenvalue weighted by Gasteiger charge is 2.21. The van der Waals surface area contributed by atoms with Crippen LogP contribution in [0.2, 0.25) is 5.02 Å². The van der Waals surface area contributed by atoms with Gasteiger partial charge in [-0.25, -0.2) is 9.78 Å². The predicted octanol–water partition coefficient (Wildman–Crippen LogP) is 2.57. The van der Waals surface area contributed by atoms with Crippen LogP contribution in [-0.2, 0) is 9.53 Å². The van der Waals surface area contributed by atoms with Gasteiger partial charge in [-0.3, -0.25) is 10.2 Å². The normalized spacial score (nSPS) is 11.4. The summed E-state index contributed by atoms with van der Waals surface area (Å²) < 4.78 is 4.72. The zero-order valence-electron chi connectivity index (χ0n) is 13.1. The molecule has 1 aromatic heterocycles. The van der Waals surface area contributed by atoms with Gasteiger partial charge in [-0.05, 0) is 36.4 Å². The molecular formula is C17H13ClN4O3. The third kappa shape index (κ3) is 3.67. The monoisotopic (exact) mass is 356 g/mol. The van der Waals surface area contributed by atoms with E-state index in [2.05, 4.69) is 20.5 Å². The molecule has 0 saturated heterocycles. The van der Waals surface area contributed by atoms with Crippen molar-refractivity contribution < 1.29 is 9.53 Å². The highest BCUT2D eigenvalue weighted by atomic mass is 35.5. The van der Waals surface area contributed by atoms with E-state index in [1.807, 2.05) is 0 Å². The van der Waals surface area contributed by atoms with Gasteiger partial charge in [-0.15, -0.1) is 0 Å². The lowest BCUT2D eigenvalue weighted by Gasteiger charge is -2.06. The van der Waals surface area contributed by atoms with Crippen LogP contribution in [0.25, 0.3) is 11.0 Å². The Morgan fingerprint density at radius 1 is 1.20 bits per heavy atom. The second-order valence-electron chi connectivity index (χ2n) is 5.00. The minimum Gasteiger partial charge on any atom is -0.464 e. The van der Waals surface area contributed by atoms with Crippen molar-refractivity contribution in [2.24, 2.45) is 5.10 Å². The summed E-state index contributed by atoms with van der Waals surface area (Å²) in [4.78, 5) is 31.3. The molecule has 2 aromatic carbocycles. The summed E-state index contributed by atoms with van der Waals surface area (Å²) in [5.74, 6) is -0.783. The number of benzene rings is 2. The maximum atomic E-state index is 12.3. The van der Waals surface area contributed by atoms with Crippen LogP contribution >= 0.6 is 11.6 Å². The van der Waals surface area contributed by atoms with Crippen molar-refractivity contribution in [2.75, 3.05) is 12.5 Å². The Morgan fingerprint density at radius 2 is 1.92 bits per heavy atom. The maximum Gasteiger partial charge on any atom is 0.360 e. The lowest BCUT2D eigenvalue weighted by atomic mass is 10.2. The Balaban J connectivity index is 2.05. The lowest BCUT2D eigenvalue weighted by molar-refractivity contribution is -0.132. The average molecular weight is 357 g/mol. The van der Waals surface area contributed by atoms with Gasteiger partial charge in [0.15, 0.2) is 11.4 Å². The molecule has 0 unspecified atom stereocenters. The Bertz CT molecular complexity index is 1010. The lowest BCUT2D eigenvalue weighted by Crippen LogP contribution is -2.28. The number of H-pyrrole nitrogens is 1. The van der Waals surface area contributed by atoms with Crippen molar-refractivity contribution in [2.45, 2.75) is 0 Å². The summed E-state index contributed by atoms with van der Waals surface area (Å²) in [6, 6.07) is 13.7. The molecule has 0 bridgehead atoms. The number of ether oxygens (including phenoxy) is 1. The Labute approximate surface area is 147 Å². The quantitative estimate of drug-likeness (QED) is 0.425. The van der Waals surface area contributed by atoms with Crippen molar-refractivity contribution >= 4 is 40.0 Å². The smallest absolute Gasteiger partial charge is 0.360 e. The van der Waals surface area contributed by atoms with Gasteiger partial charge in [0.05, 0.1) is 23.8 Å². The van der Waals surface area contributed by atoms with Gasteiger partial charge >= 0.3 is 5.97 Å². The van der Waals surface area contributed by atoms with Crippen molar-refractivity contribution in [3.63, 3.8) is 0 Å². The van der Waals surface area contributed by atoms with E-state index in [4.69, 9.17) is 16.3 Å². The number of para-hydroxylation sites is 2. The first-order chi connectivity index (χ1) is 12.1. The number of aromatic amines is 1. The van der Waals surface area contributed by atoms with Crippen LogP contribution in [-0.4, -0.2) is 28.8 Å². The first kappa shape index (κ1) is 16.7. The fourth-order valence-corrected chi connectivity index (χ4v) is 2.25. The molecule has 0 atom stereocenters. The van der Waals surface area contributed by atoms with Crippen LogP contribution in [0.5, 0.6) is 0 Å². The van der Waals surface area contributed by atoms with Gasteiger partial charge in [-0.1, -0.05) is 23.7 Å². The number of halogens is 1. The first-order valence-corrected chi connectivity index (χ1v) is 7.63. The van der Waals surface area contributed by atoms with E-state index in [0.29, 0.717) is 21.7 Å². The fraction of sp³-hybridized carbons (Fsp3) is 0.0588. The van der Waals surface area contributed by atoms with Crippen LogP contribution in [0.15, 0.2) is 58.4 Å². The minimum atomic E-state index is -0.783. The molecule has 0 spiro atoms. The second-order valence-corrected chi connectivity index (χ2v) is 5.44. The molecule has 2 N–H and O–H groups in total. The number of hydrazone groups is 1. The molecule has 8 heteroatoms. The van der Waals surface area contributed by atoms with E-state index in [0.717, 1.165) is 0 Å². The average Bonchev–Trinajstić information content (AvgIpc) is 2.63.